The van der Waals surface area contributed by atoms with Gasteiger partial charge in [0, 0.05) is 23.7 Å². The summed E-state index contributed by atoms with van der Waals surface area (Å²) in [7, 11) is 0. The van der Waals surface area contributed by atoms with Crippen LogP contribution in [0.5, 0.6) is 5.75 Å². The highest BCUT2D eigenvalue weighted by molar-refractivity contribution is 5.66. The van der Waals surface area contributed by atoms with Gasteiger partial charge in [-0.3, -0.25) is 9.36 Å². The largest absolute Gasteiger partial charge is 0.505 e. The third-order valence-electron chi connectivity index (χ3n) is 5.41. The summed E-state index contributed by atoms with van der Waals surface area (Å²) in [5.41, 5.74) is -0.557. The van der Waals surface area contributed by atoms with Crippen LogP contribution in [0.4, 0.5) is 13.2 Å². The fourth-order valence-corrected chi connectivity index (χ4v) is 3.83. The molecular weight excluding hydrogens is 435 g/mol. The van der Waals surface area contributed by atoms with Crippen LogP contribution < -0.4 is 5.56 Å². The predicted molar refractivity (Wildman–Crippen MR) is 113 cm³/mol. The van der Waals surface area contributed by atoms with Gasteiger partial charge in [-0.2, -0.15) is 0 Å². The number of furan rings is 1. The van der Waals surface area contributed by atoms with Crippen molar-refractivity contribution >= 4 is 0 Å². The van der Waals surface area contributed by atoms with Gasteiger partial charge >= 0.3 is 0 Å². The zero-order valence-corrected chi connectivity index (χ0v) is 17.0. The van der Waals surface area contributed by atoms with Crippen molar-refractivity contribution in [2.75, 3.05) is 0 Å². The van der Waals surface area contributed by atoms with E-state index in [-0.39, 0.29) is 46.9 Å². The van der Waals surface area contributed by atoms with Gasteiger partial charge in [0.1, 0.15) is 23.1 Å². The van der Waals surface area contributed by atoms with Crippen LogP contribution >= 0.6 is 0 Å². The average Bonchev–Trinajstić information content (AvgIpc) is 3.41. The second-order valence-corrected chi connectivity index (χ2v) is 7.44. The monoisotopic (exact) mass is 451 g/mol. The smallest absolute Gasteiger partial charge is 0.278 e. The Labute approximate surface area is 184 Å². The van der Waals surface area contributed by atoms with Crippen molar-refractivity contribution in [3.8, 4) is 22.8 Å². The third-order valence-corrected chi connectivity index (χ3v) is 5.41. The van der Waals surface area contributed by atoms with Crippen LogP contribution in [-0.4, -0.2) is 19.6 Å². The maximum Gasteiger partial charge on any atom is 0.278 e. The van der Waals surface area contributed by atoms with E-state index in [9.17, 15) is 23.1 Å². The van der Waals surface area contributed by atoms with Crippen molar-refractivity contribution in [1.29, 1.82) is 0 Å². The Balaban J connectivity index is 1.77. The van der Waals surface area contributed by atoms with Gasteiger partial charge in [0.05, 0.1) is 24.1 Å². The molecule has 2 N–H and O–H groups in total. The molecule has 3 aromatic rings. The topological polar surface area (TPSA) is 84.1 Å². The van der Waals surface area contributed by atoms with E-state index in [1.54, 1.807) is 12.1 Å². The Morgan fingerprint density at radius 3 is 2.48 bits per heavy atom. The number of imidazole rings is 1. The van der Waals surface area contributed by atoms with E-state index < -0.39 is 28.8 Å². The number of H-pyrrole nitrogens is 1. The summed E-state index contributed by atoms with van der Waals surface area (Å²) < 4.78 is 50.3. The van der Waals surface area contributed by atoms with Gasteiger partial charge in [-0.25, -0.2) is 18.2 Å². The highest BCUT2D eigenvalue weighted by Crippen LogP contribution is 2.32. The molecule has 0 radical (unpaired) electrons. The first-order chi connectivity index (χ1) is 15.9. The number of fused-ring (bicyclic) bond motifs is 1. The summed E-state index contributed by atoms with van der Waals surface area (Å²) in [6.45, 7) is 0. The number of benzene rings is 2. The van der Waals surface area contributed by atoms with Gasteiger partial charge in [0.2, 0.25) is 0 Å². The molecule has 6 nitrogen and oxygen atoms in total. The van der Waals surface area contributed by atoms with Crippen molar-refractivity contribution in [2.45, 2.75) is 12.8 Å². The Hall–Kier alpha value is -4.27. The zero-order chi connectivity index (χ0) is 23.1. The lowest BCUT2D eigenvalue weighted by molar-refractivity contribution is 0.433. The minimum Gasteiger partial charge on any atom is -0.505 e. The normalized spacial score (nSPS) is 11.4. The lowest BCUT2D eigenvalue weighted by atomic mass is 10.0. The van der Waals surface area contributed by atoms with Gasteiger partial charge in [0.25, 0.3) is 5.56 Å². The molecule has 166 valence electrons. The highest BCUT2D eigenvalue weighted by Gasteiger charge is 2.25. The van der Waals surface area contributed by atoms with Gasteiger partial charge in [-0.05, 0) is 36.4 Å². The van der Waals surface area contributed by atoms with Crippen molar-refractivity contribution in [3.05, 3.63) is 112 Å². The Kier molecular flexibility index (Phi) is 5.01. The molecule has 5 rings (SSSR count). The molecule has 1 aromatic heterocycles. The van der Waals surface area contributed by atoms with Crippen LogP contribution in [0.1, 0.15) is 22.7 Å². The Morgan fingerprint density at radius 1 is 1.00 bits per heavy atom. The van der Waals surface area contributed by atoms with Crippen LogP contribution in [0.25, 0.3) is 17.1 Å². The van der Waals surface area contributed by atoms with E-state index in [4.69, 9.17) is 4.42 Å². The third kappa shape index (κ3) is 3.57. The van der Waals surface area contributed by atoms with E-state index in [0.717, 1.165) is 12.1 Å². The average molecular weight is 451 g/mol. The van der Waals surface area contributed by atoms with Crippen LogP contribution in [0.3, 0.4) is 0 Å². The molecule has 0 bridgehead atoms. The highest BCUT2D eigenvalue weighted by atomic mass is 19.1. The molecule has 0 saturated heterocycles. The van der Waals surface area contributed by atoms with Gasteiger partial charge in [-0.15, -0.1) is 0 Å². The molecule has 0 unspecified atom stereocenters. The molecule has 0 aliphatic carbocycles. The lowest BCUT2D eigenvalue weighted by Gasteiger charge is -2.17. The second-order valence-electron chi connectivity index (χ2n) is 7.44. The number of phenols is 1. The number of nitrogens with one attached hydrogen (secondary N) is 1. The molecule has 9 heteroatoms. The molecule has 2 aliphatic heterocycles. The van der Waals surface area contributed by atoms with Gasteiger partial charge in [0.15, 0.2) is 17.4 Å². The number of hydrogen-bond donors (Lipinski definition) is 2. The number of hydrogen-bond acceptors (Lipinski definition) is 4. The summed E-state index contributed by atoms with van der Waals surface area (Å²) in [6, 6.07) is 10.8. The standard InChI is InChI=1S/C24H16F3N3O3/c25-16-6-2-7-17(26)15(16)11-19-23(14-5-1-8-20(31)22(14)27)28-12-21-29-18(24(32)30(19)21)10-13-4-3-9-33-13/h1-9,12,28,31H,10-11H2. The molecule has 2 aliphatic rings. The molecule has 3 heterocycles. The van der Waals surface area contributed by atoms with Gasteiger partial charge < -0.3 is 14.5 Å². The van der Waals surface area contributed by atoms with Crippen LogP contribution in [-0.2, 0) is 12.8 Å². The van der Waals surface area contributed by atoms with E-state index in [2.05, 4.69) is 9.97 Å². The minimum absolute atomic E-state index is 0.0654. The SMILES string of the molecule is O=c1c(Cc2ccco2)nc2c[nH]c(-c3cccc(O)c3F)c(Cc3c(F)cccc3F)n1-2. The summed E-state index contributed by atoms with van der Waals surface area (Å²) in [6.07, 6.45) is 2.60. The number of rotatable bonds is 5. The molecule has 33 heavy (non-hydrogen) atoms. The molecule has 0 spiro atoms. The van der Waals surface area contributed by atoms with Crippen LogP contribution in [0, 0.1) is 17.5 Å². The Morgan fingerprint density at radius 2 is 1.76 bits per heavy atom. The van der Waals surface area contributed by atoms with E-state index in [0.29, 0.717) is 5.76 Å². The first kappa shape index (κ1) is 20.6. The van der Waals surface area contributed by atoms with E-state index >= 15 is 0 Å². The maximum absolute atomic E-state index is 14.8. The van der Waals surface area contributed by atoms with Crippen LogP contribution in [0.2, 0.25) is 0 Å². The fraction of sp³-hybridized carbons (Fsp3) is 0.0833. The second kappa shape index (κ2) is 8.01. The van der Waals surface area contributed by atoms with E-state index in [1.807, 2.05) is 0 Å². The number of phenolic OH excluding ortho intramolecular Hbond substituents is 1. The molecule has 2 aromatic carbocycles. The summed E-state index contributed by atoms with van der Waals surface area (Å²) in [5.74, 6) is -2.45. The first-order valence-electron chi connectivity index (χ1n) is 9.99. The van der Waals surface area contributed by atoms with Crippen molar-refractivity contribution in [1.82, 2.24) is 14.5 Å². The molecule has 0 saturated carbocycles. The molecular formula is C24H16F3N3O3. The Bertz CT molecular complexity index is 1470. The maximum atomic E-state index is 14.8. The van der Waals surface area contributed by atoms with E-state index in [1.165, 1.54) is 41.3 Å². The summed E-state index contributed by atoms with van der Waals surface area (Å²) in [5, 5.41) is 9.85. The summed E-state index contributed by atoms with van der Waals surface area (Å²) in [4.78, 5) is 20.5. The molecule has 0 fully saturated rings. The number of aromatic amines is 1. The first-order valence-corrected chi connectivity index (χ1v) is 9.99. The van der Waals surface area contributed by atoms with Crippen molar-refractivity contribution in [2.24, 2.45) is 0 Å². The fourth-order valence-electron chi connectivity index (χ4n) is 3.83. The van der Waals surface area contributed by atoms with Crippen LogP contribution in [0.15, 0.2) is 70.2 Å². The lowest BCUT2D eigenvalue weighted by Crippen LogP contribution is -2.22. The molecule has 0 amide bonds. The number of aromatic hydroxyl groups is 1. The number of nitrogens with zero attached hydrogens (tertiary/aromatic N) is 2. The molecule has 0 atom stereocenters. The quantitative estimate of drug-likeness (QED) is 0.410. The number of halogens is 3. The number of aromatic nitrogens is 3. The summed E-state index contributed by atoms with van der Waals surface area (Å²) >= 11 is 0. The zero-order valence-electron chi connectivity index (χ0n) is 17.0. The minimum atomic E-state index is -0.938. The van der Waals surface area contributed by atoms with Gasteiger partial charge in [-0.1, -0.05) is 12.1 Å². The van der Waals surface area contributed by atoms with Crippen molar-refractivity contribution < 1.29 is 22.7 Å². The predicted octanol–water partition coefficient (Wildman–Crippen LogP) is 4.56. The van der Waals surface area contributed by atoms with Crippen molar-refractivity contribution in [3.63, 3.8) is 0 Å².